The molecule has 7 heteroatoms. The van der Waals surface area contributed by atoms with E-state index in [-0.39, 0.29) is 0 Å². The quantitative estimate of drug-likeness (QED) is 0.230. The van der Waals surface area contributed by atoms with E-state index < -0.39 is 5.91 Å². The standard InChI is InChI=1S/C31H31N3O4/c1-20-18-34(19-31(20)10-11-31)13-4-14-37-29-17-26-25(16-28(29)36-2)27(9-12-33-26)38-22-7-8-23-21(15-22)5-3-6-24(23)30(32)35/h3,5-9,12,15-17H,1,4,10-11,13-14,18-19H2,2H3,(H2,32,35). The Kier molecular flexibility index (Phi) is 6.16. The van der Waals surface area contributed by atoms with Crippen molar-refractivity contribution in [3.05, 3.63) is 78.5 Å². The Morgan fingerprint density at radius 1 is 1.08 bits per heavy atom. The number of ether oxygens (including phenoxy) is 3. The van der Waals surface area contributed by atoms with Crippen molar-refractivity contribution in [2.24, 2.45) is 11.1 Å². The molecule has 1 saturated carbocycles. The number of rotatable bonds is 9. The molecule has 1 amide bonds. The third kappa shape index (κ3) is 4.54. The lowest BCUT2D eigenvalue weighted by molar-refractivity contribution is 0.100. The summed E-state index contributed by atoms with van der Waals surface area (Å²) in [6, 6.07) is 16.7. The van der Waals surface area contributed by atoms with Gasteiger partial charge in [0.2, 0.25) is 5.91 Å². The van der Waals surface area contributed by atoms with Crippen molar-refractivity contribution in [3.8, 4) is 23.0 Å². The molecule has 2 aliphatic rings. The maximum atomic E-state index is 11.8. The molecule has 6 rings (SSSR count). The van der Waals surface area contributed by atoms with Gasteiger partial charge in [0.1, 0.15) is 11.5 Å². The maximum absolute atomic E-state index is 11.8. The van der Waals surface area contributed by atoms with Crippen LogP contribution in [0.1, 0.15) is 29.6 Å². The Morgan fingerprint density at radius 3 is 2.71 bits per heavy atom. The average molecular weight is 510 g/mol. The molecule has 1 aliphatic heterocycles. The third-order valence-corrected chi connectivity index (χ3v) is 7.75. The van der Waals surface area contributed by atoms with E-state index in [2.05, 4.69) is 16.5 Å². The topological polar surface area (TPSA) is 86.9 Å². The summed E-state index contributed by atoms with van der Waals surface area (Å²) in [4.78, 5) is 18.8. The van der Waals surface area contributed by atoms with Crippen molar-refractivity contribution in [2.75, 3.05) is 33.4 Å². The van der Waals surface area contributed by atoms with Gasteiger partial charge in [-0.15, -0.1) is 0 Å². The lowest BCUT2D eigenvalue weighted by atomic mass is 10.0. The van der Waals surface area contributed by atoms with Crippen LogP contribution < -0.4 is 19.9 Å². The van der Waals surface area contributed by atoms with Crippen molar-refractivity contribution >= 4 is 27.6 Å². The molecule has 1 aromatic heterocycles. The molecule has 2 fully saturated rings. The lowest BCUT2D eigenvalue weighted by Gasteiger charge is -2.17. The number of fused-ring (bicyclic) bond motifs is 2. The van der Waals surface area contributed by atoms with E-state index in [1.54, 1.807) is 19.4 Å². The van der Waals surface area contributed by atoms with Gasteiger partial charge >= 0.3 is 0 Å². The minimum atomic E-state index is -0.455. The summed E-state index contributed by atoms with van der Waals surface area (Å²) in [5.41, 5.74) is 8.58. The number of methoxy groups -OCH3 is 1. The highest BCUT2D eigenvalue weighted by Crippen LogP contribution is 2.55. The summed E-state index contributed by atoms with van der Waals surface area (Å²) in [6.45, 7) is 8.03. The summed E-state index contributed by atoms with van der Waals surface area (Å²) < 4.78 is 18.1. The van der Waals surface area contributed by atoms with Gasteiger partial charge in [-0.05, 0) is 66.4 Å². The van der Waals surface area contributed by atoms with Gasteiger partial charge in [-0.1, -0.05) is 24.3 Å². The first kappa shape index (κ1) is 24.2. The van der Waals surface area contributed by atoms with Crippen LogP contribution in [0.25, 0.3) is 21.7 Å². The fraction of sp³-hybridized carbons (Fsp3) is 0.290. The van der Waals surface area contributed by atoms with E-state index in [0.717, 1.165) is 47.7 Å². The second kappa shape index (κ2) is 9.65. The highest BCUT2D eigenvalue weighted by Gasteiger charge is 2.50. The second-order valence-electron chi connectivity index (χ2n) is 10.3. The van der Waals surface area contributed by atoms with E-state index in [4.69, 9.17) is 19.9 Å². The van der Waals surface area contributed by atoms with Gasteiger partial charge in [0.25, 0.3) is 0 Å². The SMILES string of the molecule is C=C1CN(CCCOc2cc3nccc(Oc4ccc5c(C(N)=O)cccc5c4)c3cc2OC)CC12CC2. The van der Waals surface area contributed by atoms with Crippen molar-refractivity contribution < 1.29 is 19.0 Å². The fourth-order valence-corrected chi connectivity index (χ4v) is 5.48. The van der Waals surface area contributed by atoms with Crippen LogP contribution in [0, 0.1) is 5.41 Å². The van der Waals surface area contributed by atoms with Crippen LogP contribution in [-0.2, 0) is 0 Å². The van der Waals surface area contributed by atoms with Crippen molar-refractivity contribution in [2.45, 2.75) is 19.3 Å². The largest absolute Gasteiger partial charge is 0.493 e. The number of amides is 1. The number of likely N-dealkylation sites (tertiary alicyclic amines) is 1. The molecule has 0 atom stereocenters. The predicted molar refractivity (Wildman–Crippen MR) is 148 cm³/mol. The molecule has 1 spiro atoms. The molecule has 38 heavy (non-hydrogen) atoms. The van der Waals surface area contributed by atoms with Gasteiger partial charge in [-0.3, -0.25) is 14.7 Å². The Bertz CT molecular complexity index is 1560. The van der Waals surface area contributed by atoms with Gasteiger partial charge in [-0.25, -0.2) is 0 Å². The smallest absolute Gasteiger partial charge is 0.249 e. The van der Waals surface area contributed by atoms with E-state index in [1.807, 2.05) is 48.5 Å². The summed E-state index contributed by atoms with van der Waals surface area (Å²) in [6.07, 6.45) is 5.24. The first-order valence-electron chi connectivity index (χ1n) is 13.0. The zero-order valence-electron chi connectivity index (χ0n) is 21.5. The molecule has 0 bridgehead atoms. The minimum Gasteiger partial charge on any atom is -0.493 e. The first-order valence-corrected chi connectivity index (χ1v) is 13.0. The van der Waals surface area contributed by atoms with E-state index in [9.17, 15) is 4.79 Å². The average Bonchev–Trinajstić information content (AvgIpc) is 3.63. The normalized spacial score (nSPS) is 16.3. The number of nitrogens with two attached hydrogens (primary N) is 1. The Hall–Kier alpha value is -4.10. The van der Waals surface area contributed by atoms with Gasteiger partial charge in [0.05, 0.1) is 19.2 Å². The summed E-state index contributed by atoms with van der Waals surface area (Å²) in [7, 11) is 1.63. The molecular formula is C31H31N3O4. The molecule has 4 aromatic rings. The molecule has 0 unspecified atom stereocenters. The molecule has 0 radical (unpaired) electrons. The zero-order chi connectivity index (χ0) is 26.3. The van der Waals surface area contributed by atoms with Crippen LogP contribution >= 0.6 is 0 Å². The van der Waals surface area contributed by atoms with Crippen molar-refractivity contribution in [3.63, 3.8) is 0 Å². The number of hydrogen-bond donors (Lipinski definition) is 1. The molecule has 7 nitrogen and oxygen atoms in total. The van der Waals surface area contributed by atoms with Crippen LogP contribution in [0.3, 0.4) is 0 Å². The highest BCUT2D eigenvalue weighted by molar-refractivity contribution is 6.06. The van der Waals surface area contributed by atoms with E-state index in [0.29, 0.717) is 40.6 Å². The molecule has 2 heterocycles. The molecule has 3 aromatic carbocycles. The summed E-state index contributed by atoms with van der Waals surface area (Å²) >= 11 is 0. The van der Waals surface area contributed by atoms with E-state index in [1.165, 1.54) is 18.4 Å². The fourth-order valence-electron chi connectivity index (χ4n) is 5.48. The Morgan fingerprint density at radius 2 is 1.95 bits per heavy atom. The number of pyridine rings is 1. The number of nitrogens with zero attached hydrogens (tertiary/aromatic N) is 2. The van der Waals surface area contributed by atoms with Gasteiger partial charge in [0.15, 0.2) is 11.5 Å². The highest BCUT2D eigenvalue weighted by atomic mass is 16.5. The summed E-state index contributed by atoms with van der Waals surface area (Å²) in [5, 5.41) is 2.47. The number of carbonyl (C=O) groups excluding carboxylic acids is 1. The van der Waals surface area contributed by atoms with Gasteiger partial charge in [0, 0.05) is 48.3 Å². The molecule has 194 valence electrons. The number of aromatic nitrogens is 1. The van der Waals surface area contributed by atoms with Crippen LogP contribution in [0.5, 0.6) is 23.0 Å². The monoisotopic (exact) mass is 509 g/mol. The predicted octanol–water partition coefficient (Wildman–Crippen LogP) is 5.71. The van der Waals surface area contributed by atoms with Gasteiger partial charge in [-0.2, -0.15) is 0 Å². The van der Waals surface area contributed by atoms with Crippen LogP contribution in [-0.4, -0.2) is 49.1 Å². The molecule has 2 N–H and O–H groups in total. The van der Waals surface area contributed by atoms with Crippen LogP contribution in [0.2, 0.25) is 0 Å². The Labute approximate surface area is 221 Å². The van der Waals surface area contributed by atoms with Gasteiger partial charge < -0.3 is 19.9 Å². The van der Waals surface area contributed by atoms with Crippen molar-refractivity contribution in [1.29, 1.82) is 0 Å². The third-order valence-electron chi connectivity index (χ3n) is 7.75. The maximum Gasteiger partial charge on any atom is 0.249 e. The van der Waals surface area contributed by atoms with E-state index >= 15 is 0 Å². The zero-order valence-corrected chi connectivity index (χ0v) is 21.5. The van der Waals surface area contributed by atoms with Crippen molar-refractivity contribution in [1.82, 2.24) is 9.88 Å². The summed E-state index contributed by atoms with van der Waals surface area (Å²) in [5.74, 6) is 2.13. The molecule has 1 aliphatic carbocycles. The number of primary amides is 1. The van der Waals surface area contributed by atoms with Crippen LogP contribution in [0.15, 0.2) is 72.9 Å². The number of carbonyl (C=O) groups is 1. The molecular weight excluding hydrogens is 478 g/mol. The number of hydrogen-bond acceptors (Lipinski definition) is 6. The Balaban J connectivity index is 1.18. The van der Waals surface area contributed by atoms with Crippen LogP contribution in [0.4, 0.5) is 0 Å². The lowest BCUT2D eigenvalue weighted by Crippen LogP contribution is -2.23. The molecule has 1 saturated heterocycles. The number of benzene rings is 3. The first-order chi connectivity index (χ1) is 18.5. The minimum absolute atomic E-state index is 0.424. The second-order valence-corrected chi connectivity index (χ2v) is 10.3.